The average Bonchev–Trinajstić information content (AvgIpc) is 2.29. The summed E-state index contributed by atoms with van der Waals surface area (Å²) < 4.78 is 38.3. The van der Waals surface area contributed by atoms with Gasteiger partial charge in [-0.05, 0) is 31.5 Å². The molecule has 1 atom stereocenters. The van der Waals surface area contributed by atoms with Crippen molar-refractivity contribution < 1.29 is 18.0 Å². The number of aryl methyl sites for hydroxylation is 1. The zero-order chi connectivity index (χ0) is 14.2. The summed E-state index contributed by atoms with van der Waals surface area (Å²) in [7, 11) is 0. The lowest BCUT2D eigenvalue weighted by Gasteiger charge is -2.36. The van der Waals surface area contributed by atoms with E-state index in [1.54, 1.807) is 6.92 Å². The highest BCUT2D eigenvalue weighted by Gasteiger charge is 2.32. The maximum absolute atomic E-state index is 12.8. The van der Waals surface area contributed by atoms with Crippen molar-refractivity contribution >= 4 is 11.5 Å². The van der Waals surface area contributed by atoms with Crippen LogP contribution in [0.25, 0.3) is 0 Å². The van der Waals surface area contributed by atoms with Gasteiger partial charge in [0, 0.05) is 31.1 Å². The Hall–Kier alpha value is -1.52. The molecule has 1 heterocycles. The Morgan fingerprint density at radius 3 is 2.58 bits per heavy atom. The highest BCUT2D eigenvalue weighted by atomic mass is 19.4. The molecule has 0 amide bonds. The number of ketones is 1. The molecule has 2 rings (SSSR count). The quantitative estimate of drug-likeness (QED) is 0.778. The first kappa shape index (κ1) is 13.9. The van der Waals surface area contributed by atoms with Crippen LogP contribution in [0.3, 0.4) is 0 Å². The standard InChI is InChI=1S/C14H16F3NO/c1-9-3-4-11(14(15,16)17)8-13(9)18-6-5-12(19)7-10(18)2/h3-4,8,10H,5-7H2,1-2H3. The van der Waals surface area contributed by atoms with Crippen molar-refractivity contribution in [1.29, 1.82) is 0 Å². The number of alkyl halides is 3. The number of halogens is 3. The lowest BCUT2D eigenvalue weighted by Crippen LogP contribution is -2.41. The van der Waals surface area contributed by atoms with Gasteiger partial charge >= 0.3 is 6.18 Å². The summed E-state index contributed by atoms with van der Waals surface area (Å²) in [6, 6.07) is 3.71. The molecule has 5 heteroatoms. The lowest BCUT2D eigenvalue weighted by molar-refractivity contribution is -0.137. The molecule has 1 saturated heterocycles. The molecule has 0 spiro atoms. The molecule has 1 aromatic carbocycles. The molecule has 1 unspecified atom stereocenters. The molecule has 19 heavy (non-hydrogen) atoms. The molecule has 1 aliphatic heterocycles. The van der Waals surface area contributed by atoms with Gasteiger partial charge in [-0.3, -0.25) is 4.79 Å². The van der Waals surface area contributed by atoms with E-state index in [0.29, 0.717) is 25.1 Å². The third kappa shape index (κ3) is 2.91. The van der Waals surface area contributed by atoms with Gasteiger partial charge in [0.2, 0.25) is 0 Å². The summed E-state index contributed by atoms with van der Waals surface area (Å²) in [6.45, 7) is 4.15. The van der Waals surface area contributed by atoms with Crippen molar-refractivity contribution in [3.8, 4) is 0 Å². The summed E-state index contributed by atoms with van der Waals surface area (Å²) in [5.74, 6) is 0.174. The van der Waals surface area contributed by atoms with Gasteiger partial charge in [0.25, 0.3) is 0 Å². The van der Waals surface area contributed by atoms with E-state index in [-0.39, 0.29) is 11.8 Å². The van der Waals surface area contributed by atoms with Crippen LogP contribution in [0.5, 0.6) is 0 Å². The summed E-state index contributed by atoms with van der Waals surface area (Å²) in [4.78, 5) is 13.2. The van der Waals surface area contributed by atoms with Gasteiger partial charge < -0.3 is 4.90 Å². The fourth-order valence-corrected chi connectivity index (χ4v) is 2.46. The topological polar surface area (TPSA) is 20.3 Å². The van der Waals surface area contributed by atoms with Crippen molar-refractivity contribution in [3.05, 3.63) is 29.3 Å². The second-order valence-electron chi connectivity index (χ2n) is 5.03. The Morgan fingerprint density at radius 2 is 2.00 bits per heavy atom. The minimum absolute atomic E-state index is 0.0524. The van der Waals surface area contributed by atoms with E-state index in [1.165, 1.54) is 12.1 Å². The molecule has 1 aliphatic rings. The summed E-state index contributed by atoms with van der Waals surface area (Å²) in [5, 5.41) is 0. The van der Waals surface area contributed by atoms with Crippen LogP contribution < -0.4 is 4.90 Å². The average molecular weight is 271 g/mol. The van der Waals surface area contributed by atoms with Crippen molar-refractivity contribution in [2.75, 3.05) is 11.4 Å². The number of Topliss-reactive ketones (excluding diaryl/α,β-unsaturated/α-hetero) is 1. The highest BCUT2D eigenvalue weighted by molar-refractivity contribution is 5.82. The Labute approximate surface area is 110 Å². The van der Waals surface area contributed by atoms with Gasteiger partial charge in [0.15, 0.2) is 0 Å². The van der Waals surface area contributed by atoms with Gasteiger partial charge in [-0.25, -0.2) is 0 Å². The minimum atomic E-state index is -4.34. The summed E-state index contributed by atoms with van der Waals surface area (Å²) in [6.07, 6.45) is -3.53. The van der Waals surface area contributed by atoms with Crippen molar-refractivity contribution in [1.82, 2.24) is 0 Å². The number of hydrogen-bond donors (Lipinski definition) is 0. The molecular formula is C14H16F3NO. The summed E-state index contributed by atoms with van der Waals surface area (Å²) in [5.41, 5.74) is 0.737. The number of carbonyl (C=O) groups is 1. The second kappa shape index (κ2) is 4.87. The van der Waals surface area contributed by atoms with Crippen LogP contribution in [-0.4, -0.2) is 18.4 Å². The second-order valence-corrected chi connectivity index (χ2v) is 5.03. The Bertz CT molecular complexity index is 496. The molecule has 0 saturated carbocycles. The van der Waals surface area contributed by atoms with E-state index in [0.717, 1.165) is 11.6 Å². The molecule has 1 fully saturated rings. The third-order valence-electron chi connectivity index (χ3n) is 3.53. The number of piperidine rings is 1. The molecule has 2 nitrogen and oxygen atoms in total. The number of nitrogens with zero attached hydrogens (tertiary/aromatic N) is 1. The molecule has 0 bridgehead atoms. The normalized spacial score (nSPS) is 20.8. The molecule has 0 aromatic heterocycles. The number of hydrogen-bond acceptors (Lipinski definition) is 2. The van der Waals surface area contributed by atoms with Crippen LogP contribution in [0.15, 0.2) is 18.2 Å². The van der Waals surface area contributed by atoms with E-state index < -0.39 is 11.7 Å². The Morgan fingerprint density at radius 1 is 1.32 bits per heavy atom. The molecule has 0 aliphatic carbocycles. The minimum Gasteiger partial charge on any atom is -0.368 e. The Kier molecular flexibility index (Phi) is 3.56. The van der Waals surface area contributed by atoms with Crippen molar-refractivity contribution in [3.63, 3.8) is 0 Å². The van der Waals surface area contributed by atoms with Crippen LogP contribution in [-0.2, 0) is 11.0 Å². The molecule has 104 valence electrons. The van der Waals surface area contributed by atoms with E-state index in [1.807, 2.05) is 11.8 Å². The number of anilines is 1. The largest absolute Gasteiger partial charge is 0.416 e. The SMILES string of the molecule is Cc1ccc(C(F)(F)F)cc1N1CCC(=O)CC1C. The third-order valence-corrected chi connectivity index (χ3v) is 3.53. The fourth-order valence-electron chi connectivity index (χ4n) is 2.46. The van der Waals surface area contributed by atoms with Gasteiger partial charge in [0.1, 0.15) is 5.78 Å². The summed E-state index contributed by atoms with van der Waals surface area (Å²) >= 11 is 0. The Balaban J connectivity index is 2.36. The molecular weight excluding hydrogens is 255 g/mol. The van der Waals surface area contributed by atoms with Crippen LogP contribution in [0, 0.1) is 6.92 Å². The first-order valence-electron chi connectivity index (χ1n) is 6.25. The number of rotatable bonds is 1. The highest BCUT2D eigenvalue weighted by Crippen LogP contribution is 2.34. The van der Waals surface area contributed by atoms with Crippen LogP contribution in [0.1, 0.15) is 30.9 Å². The van der Waals surface area contributed by atoms with Crippen LogP contribution in [0.4, 0.5) is 18.9 Å². The predicted octanol–water partition coefficient (Wildman–Crippen LogP) is 3.57. The first-order chi connectivity index (χ1) is 8.79. The first-order valence-corrected chi connectivity index (χ1v) is 6.25. The van der Waals surface area contributed by atoms with Gasteiger partial charge in [-0.2, -0.15) is 13.2 Å². The monoisotopic (exact) mass is 271 g/mol. The van der Waals surface area contributed by atoms with E-state index in [4.69, 9.17) is 0 Å². The zero-order valence-electron chi connectivity index (χ0n) is 10.9. The maximum atomic E-state index is 12.8. The zero-order valence-corrected chi connectivity index (χ0v) is 10.9. The number of benzene rings is 1. The van der Waals surface area contributed by atoms with Gasteiger partial charge in [0.05, 0.1) is 5.56 Å². The smallest absolute Gasteiger partial charge is 0.368 e. The fraction of sp³-hybridized carbons (Fsp3) is 0.500. The van der Waals surface area contributed by atoms with Crippen molar-refractivity contribution in [2.24, 2.45) is 0 Å². The van der Waals surface area contributed by atoms with E-state index in [9.17, 15) is 18.0 Å². The van der Waals surface area contributed by atoms with Crippen molar-refractivity contribution in [2.45, 2.75) is 38.9 Å². The molecule has 1 aromatic rings. The van der Waals surface area contributed by atoms with Crippen LogP contribution in [0.2, 0.25) is 0 Å². The molecule has 0 radical (unpaired) electrons. The predicted molar refractivity (Wildman–Crippen MR) is 67.2 cm³/mol. The van der Waals surface area contributed by atoms with Gasteiger partial charge in [-0.1, -0.05) is 6.07 Å². The lowest BCUT2D eigenvalue weighted by atomic mass is 9.99. The maximum Gasteiger partial charge on any atom is 0.416 e. The number of carbonyl (C=O) groups excluding carboxylic acids is 1. The van der Waals surface area contributed by atoms with Gasteiger partial charge in [-0.15, -0.1) is 0 Å². The molecule has 0 N–H and O–H groups in total. The van der Waals surface area contributed by atoms with Crippen LogP contribution >= 0.6 is 0 Å². The van der Waals surface area contributed by atoms with E-state index in [2.05, 4.69) is 0 Å². The van der Waals surface area contributed by atoms with E-state index >= 15 is 0 Å².